The predicted octanol–water partition coefficient (Wildman–Crippen LogP) is 0.211. The van der Waals surface area contributed by atoms with E-state index in [9.17, 15) is 9.59 Å². The predicted molar refractivity (Wildman–Crippen MR) is 75.2 cm³/mol. The van der Waals surface area contributed by atoms with Crippen LogP contribution in [-0.4, -0.2) is 45.5 Å². The Balaban J connectivity index is 2.77. The molecule has 9 heteroatoms. The fraction of sp³-hybridized carbons (Fsp3) is 0.636. The number of carbonyl (C=O) groups is 2. The summed E-state index contributed by atoms with van der Waals surface area (Å²) in [6.45, 7) is 5.25. The summed E-state index contributed by atoms with van der Waals surface area (Å²) in [5.74, 6) is -0.198. The molecular formula is C11H19N5O3S. The number of nitrogens with zero attached hydrogens (tertiary/aromatic N) is 3. The minimum atomic E-state index is -0.735. The Bertz CT molecular complexity index is 488. The largest absolute Gasteiger partial charge is 0.467 e. The summed E-state index contributed by atoms with van der Waals surface area (Å²) in [6.07, 6.45) is 0. The normalized spacial score (nSPS) is 12.2. The summed E-state index contributed by atoms with van der Waals surface area (Å²) in [7, 11) is 1.27. The van der Waals surface area contributed by atoms with Crippen molar-refractivity contribution in [2.45, 2.75) is 38.0 Å². The fourth-order valence-corrected chi connectivity index (χ4v) is 2.66. The number of ether oxygens (including phenoxy) is 1. The van der Waals surface area contributed by atoms with Crippen molar-refractivity contribution in [3.05, 3.63) is 0 Å². The maximum Gasteiger partial charge on any atom is 0.329 e. The number of amides is 1. The molecule has 0 aromatic carbocycles. The summed E-state index contributed by atoms with van der Waals surface area (Å²) >= 11 is 1.28. The molecule has 0 fully saturated rings. The van der Waals surface area contributed by atoms with Crippen LogP contribution in [0.2, 0.25) is 0 Å². The molecule has 8 nitrogen and oxygen atoms in total. The molecule has 0 aliphatic rings. The van der Waals surface area contributed by atoms with Gasteiger partial charge in [-0.15, -0.1) is 10.2 Å². The van der Waals surface area contributed by atoms with E-state index in [1.54, 1.807) is 4.57 Å². The summed E-state index contributed by atoms with van der Waals surface area (Å²) in [4.78, 5) is 22.7. The van der Waals surface area contributed by atoms with Gasteiger partial charge in [0.2, 0.25) is 11.9 Å². The first kappa shape index (κ1) is 16.3. The van der Waals surface area contributed by atoms with Crippen LogP contribution in [0.5, 0.6) is 0 Å². The minimum Gasteiger partial charge on any atom is -0.467 e. The third-order valence-electron chi connectivity index (χ3n) is 2.45. The van der Waals surface area contributed by atoms with E-state index in [0.717, 1.165) is 0 Å². The van der Waals surface area contributed by atoms with Gasteiger partial charge >= 0.3 is 5.97 Å². The molecule has 0 saturated heterocycles. The third kappa shape index (κ3) is 4.12. The maximum absolute atomic E-state index is 11.6. The van der Waals surface area contributed by atoms with E-state index in [1.165, 1.54) is 25.8 Å². The molecular weight excluding hydrogens is 282 g/mol. The van der Waals surface area contributed by atoms with Gasteiger partial charge in [0.15, 0.2) is 5.16 Å². The number of nitrogens with one attached hydrogen (secondary N) is 1. The second kappa shape index (κ2) is 7.13. The molecule has 1 amide bonds. The lowest BCUT2D eigenvalue weighted by atomic mass is 10.3. The molecule has 1 aromatic rings. The molecule has 0 radical (unpaired) electrons. The molecule has 0 aliphatic carbocycles. The van der Waals surface area contributed by atoms with Gasteiger partial charge in [-0.25, -0.2) is 4.79 Å². The van der Waals surface area contributed by atoms with Gasteiger partial charge in [0.25, 0.3) is 0 Å². The highest BCUT2D eigenvalue weighted by molar-refractivity contribution is 7.99. The van der Waals surface area contributed by atoms with E-state index in [0.29, 0.717) is 11.1 Å². The van der Waals surface area contributed by atoms with Crippen LogP contribution in [0.25, 0.3) is 0 Å². The summed E-state index contributed by atoms with van der Waals surface area (Å²) in [5.41, 5.74) is 5.73. The van der Waals surface area contributed by atoms with Gasteiger partial charge in [-0.1, -0.05) is 11.8 Å². The molecule has 0 saturated carbocycles. The average molecular weight is 301 g/mol. The number of hydrogen-bond acceptors (Lipinski definition) is 7. The SMILES string of the molecule is COC(=O)C(CSc1nnc(N)n1C(C)C)NC(C)=O. The van der Waals surface area contributed by atoms with Crippen LogP contribution in [0, 0.1) is 0 Å². The fourth-order valence-electron chi connectivity index (χ4n) is 1.59. The van der Waals surface area contributed by atoms with Crippen molar-refractivity contribution in [1.82, 2.24) is 20.1 Å². The van der Waals surface area contributed by atoms with Gasteiger partial charge in [0.1, 0.15) is 6.04 Å². The Morgan fingerprint density at radius 3 is 2.60 bits per heavy atom. The van der Waals surface area contributed by atoms with Gasteiger partial charge in [-0.2, -0.15) is 0 Å². The van der Waals surface area contributed by atoms with Crippen LogP contribution in [0.4, 0.5) is 5.95 Å². The molecule has 1 heterocycles. The standard InChI is InChI=1S/C11H19N5O3S/c1-6(2)16-10(12)14-15-11(16)20-5-8(9(18)19-4)13-7(3)17/h6,8H,5H2,1-4H3,(H2,12,14)(H,13,17). The Labute approximate surface area is 121 Å². The Hall–Kier alpha value is -1.77. The van der Waals surface area contributed by atoms with Crippen molar-refractivity contribution in [2.75, 3.05) is 18.6 Å². The van der Waals surface area contributed by atoms with Crippen molar-refractivity contribution in [3.63, 3.8) is 0 Å². The number of rotatable bonds is 6. The van der Waals surface area contributed by atoms with Gasteiger partial charge in [0, 0.05) is 18.7 Å². The molecule has 1 atom stereocenters. The molecule has 20 heavy (non-hydrogen) atoms. The smallest absolute Gasteiger partial charge is 0.329 e. The van der Waals surface area contributed by atoms with Gasteiger partial charge in [0.05, 0.1) is 7.11 Å². The minimum absolute atomic E-state index is 0.102. The van der Waals surface area contributed by atoms with Crippen LogP contribution in [0.1, 0.15) is 26.8 Å². The molecule has 112 valence electrons. The second-order valence-corrected chi connectivity index (χ2v) is 5.38. The lowest BCUT2D eigenvalue weighted by molar-refractivity contribution is -0.144. The second-order valence-electron chi connectivity index (χ2n) is 4.39. The lowest BCUT2D eigenvalue weighted by Gasteiger charge is -2.16. The van der Waals surface area contributed by atoms with Gasteiger partial charge < -0.3 is 15.8 Å². The zero-order valence-electron chi connectivity index (χ0n) is 11.9. The highest BCUT2D eigenvalue weighted by Gasteiger charge is 2.22. The number of esters is 1. The molecule has 3 N–H and O–H groups in total. The van der Waals surface area contributed by atoms with Crippen LogP contribution < -0.4 is 11.1 Å². The first-order valence-electron chi connectivity index (χ1n) is 6.05. The van der Waals surface area contributed by atoms with Crippen molar-refractivity contribution < 1.29 is 14.3 Å². The Morgan fingerprint density at radius 2 is 2.10 bits per heavy atom. The molecule has 0 bridgehead atoms. The van der Waals surface area contributed by atoms with Crippen LogP contribution in [0.3, 0.4) is 0 Å². The van der Waals surface area contributed by atoms with E-state index < -0.39 is 12.0 Å². The van der Waals surface area contributed by atoms with Crippen LogP contribution in [-0.2, 0) is 14.3 Å². The number of hydrogen-bond donors (Lipinski definition) is 2. The van der Waals surface area contributed by atoms with Gasteiger partial charge in [-0.3, -0.25) is 9.36 Å². The van der Waals surface area contributed by atoms with E-state index in [2.05, 4.69) is 20.3 Å². The lowest BCUT2D eigenvalue weighted by Crippen LogP contribution is -2.42. The number of nitrogen functional groups attached to an aromatic ring is 1. The highest BCUT2D eigenvalue weighted by atomic mass is 32.2. The Kier molecular flexibility index (Phi) is 5.81. The zero-order valence-corrected chi connectivity index (χ0v) is 12.7. The van der Waals surface area contributed by atoms with Crippen molar-refractivity contribution in [1.29, 1.82) is 0 Å². The summed E-state index contributed by atoms with van der Waals surface area (Å²) in [6, 6.07) is -0.633. The monoisotopic (exact) mass is 301 g/mol. The number of methoxy groups -OCH3 is 1. The Morgan fingerprint density at radius 1 is 1.45 bits per heavy atom. The van der Waals surface area contributed by atoms with Crippen molar-refractivity contribution in [3.8, 4) is 0 Å². The first-order valence-corrected chi connectivity index (χ1v) is 7.03. The highest BCUT2D eigenvalue weighted by Crippen LogP contribution is 2.23. The average Bonchev–Trinajstić information content (AvgIpc) is 2.74. The summed E-state index contributed by atoms with van der Waals surface area (Å²) < 4.78 is 6.41. The van der Waals surface area contributed by atoms with Crippen LogP contribution in [0.15, 0.2) is 5.16 Å². The van der Waals surface area contributed by atoms with E-state index >= 15 is 0 Å². The van der Waals surface area contributed by atoms with Gasteiger partial charge in [-0.05, 0) is 13.8 Å². The third-order valence-corrected chi connectivity index (χ3v) is 3.49. The van der Waals surface area contributed by atoms with Crippen LogP contribution >= 0.6 is 11.8 Å². The van der Waals surface area contributed by atoms with Crippen molar-refractivity contribution >= 4 is 29.6 Å². The van der Waals surface area contributed by atoms with E-state index in [-0.39, 0.29) is 17.7 Å². The number of thioether (sulfide) groups is 1. The quantitative estimate of drug-likeness (QED) is 0.570. The number of nitrogens with two attached hydrogens (primary N) is 1. The topological polar surface area (TPSA) is 112 Å². The summed E-state index contributed by atoms with van der Waals surface area (Å²) in [5, 5.41) is 10.9. The molecule has 1 rings (SSSR count). The maximum atomic E-state index is 11.6. The zero-order chi connectivity index (χ0) is 15.3. The van der Waals surface area contributed by atoms with Crippen molar-refractivity contribution in [2.24, 2.45) is 0 Å². The molecule has 0 spiro atoms. The first-order chi connectivity index (χ1) is 9.36. The van der Waals surface area contributed by atoms with E-state index in [4.69, 9.17) is 5.73 Å². The molecule has 1 unspecified atom stereocenters. The number of aromatic nitrogens is 3. The molecule has 0 aliphatic heterocycles. The number of carbonyl (C=O) groups excluding carboxylic acids is 2. The number of anilines is 1. The van der Waals surface area contributed by atoms with E-state index in [1.807, 2.05) is 13.8 Å². The molecule has 1 aromatic heterocycles.